The summed E-state index contributed by atoms with van der Waals surface area (Å²) in [6.45, 7) is 7.63. The van der Waals surface area contributed by atoms with Crippen molar-refractivity contribution in [2.75, 3.05) is 44.2 Å². The molecule has 0 bridgehead atoms. The first kappa shape index (κ1) is 22.5. The number of piperazine rings is 1. The molecule has 1 aliphatic rings. The molecule has 0 amide bonds. The maximum absolute atomic E-state index is 13.4. The lowest BCUT2D eigenvalue weighted by molar-refractivity contribution is 0.189. The van der Waals surface area contributed by atoms with Crippen molar-refractivity contribution in [3.05, 3.63) is 57.9 Å². The summed E-state index contributed by atoms with van der Waals surface area (Å²) in [5.74, 6) is 0. The molecule has 1 fully saturated rings. The first-order valence-electron chi connectivity index (χ1n) is 11.1. The molecule has 11 heteroatoms. The summed E-state index contributed by atoms with van der Waals surface area (Å²) in [5.41, 5.74) is 2.46. The molecular weight excluding hydrogens is 456 g/mol. The minimum absolute atomic E-state index is 0.0256. The van der Waals surface area contributed by atoms with Crippen LogP contribution in [0.1, 0.15) is 11.1 Å². The molecule has 3 heterocycles. The van der Waals surface area contributed by atoms with Crippen molar-refractivity contribution in [2.45, 2.75) is 23.8 Å². The Kier molecular flexibility index (Phi) is 5.62. The molecule has 1 aliphatic heterocycles. The zero-order chi connectivity index (χ0) is 24.0. The van der Waals surface area contributed by atoms with Crippen molar-refractivity contribution in [1.82, 2.24) is 24.7 Å². The number of rotatable bonds is 5. The predicted octanol–water partition coefficient (Wildman–Crippen LogP) is 1.13. The molecule has 0 atom stereocenters. The SMILES string of the molecule is Cc1ccc(S(=O)(=O)c2n[nH]n3c2nc(=O)c2ccc(N4CCN(CCO)CC4)cc23)c(C)c1. The molecule has 0 aliphatic carbocycles. The van der Waals surface area contributed by atoms with E-state index in [0.29, 0.717) is 23.0 Å². The smallest absolute Gasteiger partial charge is 0.281 e. The van der Waals surface area contributed by atoms with Gasteiger partial charge in [-0.15, -0.1) is 5.10 Å². The quantitative estimate of drug-likeness (QED) is 0.434. The third-order valence-electron chi connectivity index (χ3n) is 6.34. The van der Waals surface area contributed by atoms with E-state index in [1.54, 1.807) is 31.2 Å². The maximum Gasteiger partial charge on any atom is 0.281 e. The van der Waals surface area contributed by atoms with Crippen LogP contribution in [0, 0.1) is 13.8 Å². The number of H-pyrrole nitrogens is 1. The maximum atomic E-state index is 13.4. The van der Waals surface area contributed by atoms with E-state index in [0.717, 1.165) is 37.4 Å². The zero-order valence-corrected chi connectivity index (χ0v) is 19.8. The number of benzene rings is 2. The Bertz CT molecular complexity index is 1550. The Balaban J connectivity index is 1.60. The number of fused-ring (bicyclic) bond motifs is 3. The molecular formula is C23H26N6O4S. The Labute approximate surface area is 196 Å². The van der Waals surface area contributed by atoms with Crippen molar-refractivity contribution >= 4 is 32.1 Å². The Morgan fingerprint density at radius 3 is 2.53 bits per heavy atom. The molecule has 0 saturated carbocycles. The number of aliphatic hydroxyl groups excluding tert-OH is 1. The van der Waals surface area contributed by atoms with Gasteiger partial charge >= 0.3 is 0 Å². The van der Waals surface area contributed by atoms with Crippen molar-refractivity contribution < 1.29 is 13.5 Å². The Morgan fingerprint density at radius 1 is 1.06 bits per heavy atom. The number of aromatic amines is 1. The molecule has 178 valence electrons. The molecule has 2 aromatic carbocycles. The summed E-state index contributed by atoms with van der Waals surface area (Å²) in [7, 11) is -4.00. The number of hydrogen-bond donors (Lipinski definition) is 2. The summed E-state index contributed by atoms with van der Waals surface area (Å²) < 4.78 is 28.3. The summed E-state index contributed by atoms with van der Waals surface area (Å²) in [6.07, 6.45) is 0. The Morgan fingerprint density at radius 2 is 1.82 bits per heavy atom. The second-order valence-corrected chi connectivity index (χ2v) is 10.5. The second-order valence-electron chi connectivity index (χ2n) is 8.62. The number of hydrogen-bond acceptors (Lipinski definition) is 8. The van der Waals surface area contributed by atoms with Gasteiger partial charge in [-0.3, -0.25) is 9.69 Å². The highest BCUT2D eigenvalue weighted by molar-refractivity contribution is 7.91. The third-order valence-corrected chi connectivity index (χ3v) is 8.16. The molecule has 5 rings (SSSR count). The van der Waals surface area contributed by atoms with Gasteiger partial charge in [0.1, 0.15) is 0 Å². The van der Waals surface area contributed by atoms with Gasteiger partial charge in [0.15, 0.2) is 5.65 Å². The third kappa shape index (κ3) is 3.75. The van der Waals surface area contributed by atoms with Crippen LogP contribution in [0.15, 0.2) is 51.1 Å². The van der Waals surface area contributed by atoms with Gasteiger partial charge in [0.25, 0.3) is 5.56 Å². The Hall–Kier alpha value is -3.28. The number of aromatic nitrogens is 4. The summed E-state index contributed by atoms with van der Waals surface area (Å²) in [5, 5.41) is 16.1. The van der Waals surface area contributed by atoms with Crippen molar-refractivity contribution in [2.24, 2.45) is 0 Å². The zero-order valence-electron chi connectivity index (χ0n) is 19.0. The highest BCUT2D eigenvalue weighted by Crippen LogP contribution is 2.27. The first-order chi connectivity index (χ1) is 16.3. The lowest BCUT2D eigenvalue weighted by atomic mass is 10.2. The van der Waals surface area contributed by atoms with E-state index in [1.165, 1.54) is 4.52 Å². The summed E-state index contributed by atoms with van der Waals surface area (Å²) >= 11 is 0. The largest absolute Gasteiger partial charge is 0.395 e. The number of nitrogens with one attached hydrogen (secondary N) is 1. The minimum Gasteiger partial charge on any atom is -0.395 e. The molecule has 2 aromatic heterocycles. The van der Waals surface area contributed by atoms with Crippen molar-refractivity contribution in [3.63, 3.8) is 0 Å². The van der Waals surface area contributed by atoms with E-state index in [-0.39, 0.29) is 22.2 Å². The van der Waals surface area contributed by atoms with E-state index < -0.39 is 15.4 Å². The number of anilines is 1. The van der Waals surface area contributed by atoms with Crippen LogP contribution in [-0.4, -0.2) is 77.6 Å². The van der Waals surface area contributed by atoms with E-state index in [2.05, 4.69) is 25.1 Å². The highest BCUT2D eigenvalue weighted by atomic mass is 32.2. The number of aryl methyl sites for hydroxylation is 2. The van der Waals surface area contributed by atoms with Gasteiger partial charge in [-0.2, -0.15) is 4.98 Å². The molecule has 0 radical (unpaired) electrons. The fourth-order valence-corrected chi connectivity index (χ4v) is 6.03. The standard InChI is InChI=1S/C23H26N6O4S/c1-15-3-6-20(16(2)13-15)34(32,33)23-21-24-22(31)18-5-4-17(14-19(18)29(21)26-25-23)28-9-7-27(8-10-28)11-12-30/h3-6,13-14,26,30H,7-12H2,1-2H3. The van der Waals surface area contributed by atoms with Crippen LogP contribution in [-0.2, 0) is 9.84 Å². The first-order valence-corrected chi connectivity index (χ1v) is 12.6. The molecule has 0 unspecified atom stereocenters. The number of nitrogens with zero attached hydrogens (tertiary/aromatic N) is 5. The van der Waals surface area contributed by atoms with E-state index in [1.807, 2.05) is 19.1 Å². The number of sulfone groups is 1. The van der Waals surface area contributed by atoms with Gasteiger partial charge in [-0.25, -0.2) is 18.1 Å². The fraction of sp³-hybridized carbons (Fsp3) is 0.348. The lowest BCUT2D eigenvalue weighted by Gasteiger charge is -2.35. The van der Waals surface area contributed by atoms with E-state index >= 15 is 0 Å². The average Bonchev–Trinajstić information content (AvgIpc) is 3.24. The molecule has 34 heavy (non-hydrogen) atoms. The minimum atomic E-state index is -4.00. The van der Waals surface area contributed by atoms with Gasteiger partial charge in [-0.05, 0) is 43.7 Å². The summed E-state index contributed by atoms with van der Waals surface area (Å²) in [4.78, 5) is 21.4. The number of β-amino-alcohol motifs (C(OH)–C–C–N with tert-alkyl or cyclic N) is 1. The van der Waals surface area contributed by atoms with Gasteiger partial charge in [0, 0.05) is 38.4 Å². The molecule has 0 spiro atoms. The number of aliphatic hydroxyl groups is 1. The normalized spacial score (nSPS) is 15.4. The average molecular weight is 483 g/mol. The van der Waals surface area contributed by atoms with Gasteiger partial charge < -0.3 is 10.0 Å². The van der Waals surface area contributed by atoms with Crippen molar-refractivity contribution in [1.29, 1.82) is 0 Å². The van der Waals surface area contributed by atoms with Gasteiger partial charge in [0.05, 0.1) is 22.4 Å². The fourth-order valence-electron chi connectivity index (χ4n) is 4.55. The van der Waals surface area contributed by atoms with Crippen LogP contribution in [0.4, 0.5) is 5.69 Å². The predicted molar refractivity (Wildman–Crippen MR) is 128 cm³/mol. The monoisotopic (exact) mass is 482 g/mol. The van der Waals surface area contributed by atoms with Gasteiger partial charge in [0.2, 0.25) is 14.9 Å². The summed E-state index contributed by atoms with van der Waals surface area (Å²) in [6, 6.07) is 10.5. The van der Waals surface area contributed by atoms with Crippen LogP contribution in [0.3, 0.4) is 0 Å². The van der Waals surface area contributed by atoms with Crippen LogP contribution < -0.4 is 10.5 Å². The van der Waals surface area contributed by atoms with Crippen molar-refractivity contribution in [3.8, 4) is 0 Å². The molecule has 1 saturated heterocycles. The van der Waals surface area contributed by atoms with Gasteiger partial charge in [-0.1, -0.05) is 17.7 Å². The molecule has 2 N–H and O–H groups in total. The second kappa shape index (κ2) is 8.49. The topological polar surface area (TPSA) is 124 Å². The van der Waals surface area contributed by atoms with E-state index in [9.17, 15) is 13.2 Å². The highest BCUT2D eigenvalue weighted by Gasteiger charge is 2.28. The van der Waals surface area contributed by atoms with E-state index in [4.69, 9.17) is 5.11 Å². The van der Waals surface area contributed by atoms with Crippen LogP contribution in [0.25, 0.3) is 16.6 Å². The van der Waals surface area contributed by atoms with Crippen LogP contribution in [0.2, 0.25) is 0 Å². The van der Waals surface area contributed by atoms with Crippen LogP contribution in [0.5, 0.6) is 0 Å². The van der Waals surface area contributed by atoms with Crippen LogP contribution >= 0.6 is 0 Å². The molecule has 10 nitrogen and oxygen atoms in total. The molecule has 4 aromatic rings. The lowest BCUT2D eigenvalue weighted by Crippen LogP contribution is -2.47.